The van der Waals surface area contributed by atoms with Gasteiger partial charge in [-0.05, 0) is 40.5 Å². The van der Waals surface area contributed by atoms with Crippen molar-refractivity contribution in [2.24, 2.45) is 21.7 Å². The fraction of sp³-hybridized carbons (Fsp3) is 0.833. The van der Waals surface area contributed by atoms with E-state index < -0.39 is 63.0 Å². The first kappa shape index (κ1) is 36.1. The predicted molar refractivity (Wildman–Crippen MR) is 146 cm³/mol. The second kappa shape index (κ2) is 13.4. The van der Waals surface area contributed by atoms with Crippen molar-refractivity contribution in [3.05, 3.63) is 0 Å². The summed E-state index contributed by atoms with van der Waals surface area (Å²) in [6.07, 6.45) is 0.730. The topological polar surface area (TPSA) is 188 Å². The van der Waals surface area contributed by atoms with Crippen molar-refractivity contribution in [1.82, 2.24) is 10.6 Å². The highest BCUT2D eigenvalue weighted by Gasteiger charge is 2.90. The van der Waals surface area contributed by atoms with Gasteiger partial charge in [-0.25, -0.2) is 0 Å². The van der Waals surface area contributed by atoms with E-state index in [9.17, 15) is 29.4 Å². The van der Waals surface area contributed by atoms with Crippen LogP contribution in [0.15, 0.2) is 0 Å². The smallest absolute Gasteiger partial charge is 0.481 e. The van der Waals surface area contributed by atoms with Gasteiger partial charge in [0.15, 0.2) is 0 Å². The Labute approximate surface area is 238 Å². The molecule has 1 aliphatic rings. The summed E-state index contributed by atoms with van der Waals surface area (Å²) in [4.78, 5) is 52.8. The highest BCUT2D eigenvalue weighted by Crippen LogP contribution is 2.78. The van der Waals surface area contributed by atoms with Gasteiger partial charge in [0, 0.05) is 67.8 Å². The first-order valence-electron chi connectivity index (χ1n) is 12.9. The fourth-order valence-electron chi connectivity index (χ4n) is 6.18. The molecule has 0 radical (unpaired) electrons. The molecule has 0 spiro atoms. The van der Waals surface area contributed by atoms with Gasteiger partial charge in [-0.2, -0.15) is 0 Å². The van der Waals surface area contributed by atoms with E-state index in [1.165, 1.54) is 70.4 Å². The Hall–Kier alpha value is -1.93. The Morgan fingerprint density at radius 1 is 0.550 bits per heavy atom. The third kappa shape index (κ3) is 5.23. The van der Waals surface area contributed by atoms with E-state index >= 15 is 0 Å². The van der Waals surface area contributed by atoms with Crippen molar-refractivity contribution in [2.45, 2.75) is 52.6 Å². The lowest BCUT2D eigenvalue weighted by Gasteiger charge is -2.72. The van der Waals surface area contributed by atoms with Crippen LogP contribution in [0.1, 0.15) is 40.5 Å². The number of carbonyl (C=O) groups is 4. The molecule has 0 bridgehead atoms. The summed E-state index contributed by atoms with van der Waals surface area (Å²) in [5.41, 5.74) is -8.14. The monoisotopic (exact) mass is 610 g/mol. The number of hydrogen-bond acceptors (Lipinski definition) is 10. The minimum atomic E-state index is -2.91. The summed E-state index contributed by atoms with van der Waals surface area (Å²) in [6.45, 7) is 5.23. The van der Waals surface area contributed by atoms with Crippen molar-refractivity contribution in [2.75, 3.05) is 55.7 Å². The van der Waals surface area contributed by atoms with Crippen LogP contribution in [-0.4, -0.2) is 107 Å². The Bertz CT molecular complexity index is 840. The molecular formula is C24H46N2O12Si2. The molecule has 40 heavy (non-hydrogen) atoms. The highest BCUT2D eigenvalue weighted by atomic mass is 28.4. The molecule has 0 aromatic carbocycles. The molecule has 16 heteroatoms. The quantitative estimate of drug-likeness (QED) is 0.127. The van der Waals surface area contributed by atoms with Crippen molar-refractivity contribution in [3.8, 4) is 0 Å². The first-order chi connectivity index (χ1) is 18.5. The highest BCUT2D eigenvalue weighted by molar-refractivity contribution is 6.60. The van der Waals surface area contributed by atoms with Gasteiger partial charge < -0.3 is 47.4 Å². The Morgan fingerprint density at radius 2 is 0.800 bits per heavy atom. The van der Waals surface area contributed by atoms with Gasteiger partial charge in [-0.15, -0.1) is 0 Å². The maximum Gasteiger partial charge on any atom is 0.500 e. The molecular weight excluding hydrogens is 564 g/mol. The van der Waals surface area contributed by atoms with Crippen LogP contribution >= 0.6 is 0 Å². The van der Waals surface area contributed by atoms with Crippen molar-refractivity contribution in [3.63, 3.8) is 0 Å². The zero-order valence-corrected chi connectivity index (χ0v) is 27.2. The average molecular weight is 611 g/mol. The van der Waals surface area contributed by atoms with Crippen LogP contribution in [0.4, 0.5) is 0 Å². The van der Waals surface area contributed by atoms with E-state index in [0.717, 1.165) is 0 Å². The second-order valence-corrected chi connectivity index (χ2v) is 16.6. The van der Waals surface area contributed by atoms with Gasteiger partial charge in [0.2, 0.25) is 11.8 Å². The summed E-state index contributed by atoms with van der Waals surface area (Å²) < 4.78 is 32.2. The van der Waals surface area contributed by atoms with Crippen LogP contribution in [0.2, 0.25) is 12.1 Å². The lowest BCUT2D eigenvalue weighted by molar-refractivity contribution is -0.281. The van der Waals surface area contributed by atoms with Crippen LogP contribution in [0, 0.1) is 21.7 Å². The summed E-state index contributed by atoms with van der Waals surface area (Å²) in [5, 5.41) is 26.1. The molecule has 0 aliphatic heterocycles. The van der Waals surface area contributed by atoms with E-state index in [1.807, 2.05) is 0 Å². The zero-order valence-electron chi connectivity index (χ0n) is 25.2. The average Bonchev–Trinajstić information content (AvgIpc) is 2.95. The largest absolute Gasteiger partial charge is 0.500 e. The molecule has 0 heterocycles. The van der Waals surface area contributed by atoms with Crippen LogP contribution < -0.4 is 10.6 Å². The number of aliphatic carboxylic acids is 2. The molecule has 1 fully saturated rings. The van der Waals surface area contributed by atoms with Gasteiger partial charge in [-0.1, -0.05) is 0 Å². The van der Waals surface area contributed by atoms with E-state index in [0.29, 0.717) is 24.9 Å². The lowest BCUT2D eigenvalue weighted by atomic mass is 9.25. The SMILES string of the molecule is CO[Si](CCCNC(=O)C1(C)C(C)(C(=O)O)C(C)(C(=O)NCCC[Si](OC)(OC)OC)C1(C)C(=O)O)(OC)OC. The van der Waals surface area contributed by atoms with E-state index in [1.54, 1.807) is 0 Å². The Morgan fingerprint density at radius 3 is 1.00 bits per heavy atom. The molecule has 0 aromatic rings. The number of carbonyl (C=O) groups excluding carboxylic acids is 2. The first-order valence-corrected chi connectivity index (χ1v) is 16.7. The standard InChI is InChI=1S/C24H46N2O12Si2/c1-21(17(27)25-13-11-15-39(33-5,34-6)35-7)23(3,19(29)30)22(2,24(21,4)20(31)32)18(28)26-14-12-16-40(36-8,37-9)38-10/h11-16H2,1-10H3,(H,25,27)(H,26,28)(H,29,30)(H,31,32). The van der Waals surface area contributed by atoms with Crippen molar-refractivity contribution < 1.29 is 55.9 Å². The van der Waals surface area contributed by atoms with Crippen LogP contribution in [0.5, 0.6) is 0 Å². The van der Waals surface area contributed by atoms with Crippen LogP contribution in [-0.2, 0) is 45.7 Å². The maximum atomic E-state index is 13.6. The summed E-state index contributed by atoms with van der Waals surface area (Å²) in [6, 6.07) is 0.721. The summed E-state index contributed by atoms with van der Waals surface area (Å²) in [7, 11) is 2.94. The molecule has 4 N–H and O–H groups in total. The number of carboxylic acids is 2. The molecule has 1 saturated carbocycles. The molecule has 2 amide bonds. The van der Waals surface area contributed by atoms with Crippen molar-refractivity contribution >= 4 is 41.4 Å². The van der Waals surface area contributed by atoms with E-state index in [2.05, 4.69) is 10.6 Å². The van der Waals surface area contributed by atoms with Gasteiger partial charge in [0.05, 0.1) is 21.7 Å². The number of carboxylic acid groups (broad SMARTS) is 2. The fourth-order valence-corrected chi connectivity index (χ4v) is 9.63. The van der Waals surface area contributed by atoms with Gasteiger partial charge in [0.25, 0.3) is 0 Å². The lowest BCUT2D eigenvalue weighted by Crippen LogP contribution is -2.86. The Balaban J connectivity index is 3.24. The number of rotatable bonds is 18. The Kier molecular flexibility index (Phi) is 12.1. The summed E-state index contributed by atoms with van der Waals surface area (Å²) >= 11 is 0. The molecule has 0 aromatic heterocycles. The van der Waals surface area contributed by atoms with Gasteiger partial charge in [-0.3, -0.25) is 19.2 Å². The predicted octanol–water partition coefficient (Wildman–Crippen LogP) is 0.963. The zero-order chi connectivity index (χ0) is 31.2. The molecule has 14 nitrogen and oxygen atoms in total. The molecule has 1 aliphatic carbocycles. The van der Waals surface area contributed by atoms with E-state index in [4.69, 9.17) is 26.6 Å². The van der Waals surface area contributed by atoms with E-state index in [-0.39, 0.29) is 13.1 Å². The normalized spacial score (nSPS) is 28.4. The molecule has 0 unspecified atom stereocenters. The summed E-state index contributed by atoms with van der Waals surface area (Å²) in [5.74, 6) is -4.50. The minimum absolute atomic E-state index is 0.0811. The second-order valence-electron chi connectivity index (χ2n) is 10.4. The number of nitrogens with one attached hydrogen (secondary N) is 2. The van der Waals surface area contributed by atoms with Gasteiger partial charge in [0.1, 0.15) is 0 Å². The number of hydrogen-bond donors (Lipinski definition) is 4. The maximum absolute atomic E-state index is 13.6. The van der Waals surface area contributed by atoms with Crippen LogP contribution in [0.25, 0.3) is 0 Å². The molecule has 0 atom stereocenters. The van der Waals surface area contributed by atoms with Crippen molar-refractivity contribution in [1.29, 1.82) is 0 Å². The minimum Gasteiger partial charge on any atom is -0.481 e. The van der Waals surface area contributed by atoms with Crippen LogP contribution in [0.3, 0.4) is 0 Å². The third-order valence-electron chi connectivity index (χ3n) is 9.52. The third-order valence-corrected chi connectivity index (χ3v) is 15.2. The molecule has 1 rings (SSSR count). The van der Waals surface area contributed by atoms with Gasteiger partial charge >= 0.3 is 29.5 Å². The molecule has 0 saturated heterocycles. The molecule has 232 valence electrons. The number of amides is 2.